The summed E-state index contributed by atoms with van der Waals surface area (Å²) in [7, 11) is 0. The summed E-state index contributed by atoms with van der Waals surface area (Å²) >= 11 is 4.87. The van der Waals surface area contributed by atoms with Crippen molar-refractivity contribution in [3.63, 3.8) is 0 Å². The first kappa shape index (κ1) is 17.2. The molecule has 8 nitrogen and oxygen atoms in total. The second kappa shape index (κ2) is 7.11. The average molecular weight is 367 g/mol. The summed E-state index contributed by atoms with van der Waals surface area (Å²) in [6, 6.07) is 15.0. The van der Waals surface area contributed by atoms with Crippen molar-refractivity contribution >= 4 is 34.7 Å². The predicted octanol–water partition coefficient (Wildman–Crippen LogP) is 3.05. The van der Waals surface area contributed by atoms with Crippen molar-refractivity contribution in [1.29, 1.82) is 0 Å². The number of benzene rings is 2. The van der Waals surface area contributed by atoms with Gasteiger partial charge in [0.1, 0.15) is 0 Å². The van der Waals surface area contributed by atoms with Gasteiger partial charge < -0.3 is 10.8 Å². The zero-order valence-electron chi connectivity index (χ0n) is 13.3. The lowest BCUT2D eigenvalue weighted by Crippen LogP contribution is -2.29. The Bertz CT molecular complexity index is 1070. The molecular weight excluding hydrogens is 354 g/mol. The molecule has 1 heterocycles. The van der Waals surface area contributed by atoms with Gasteiger partial charge >= 0.3 is 11.5 Å². The molecule has 0 amide bonds. The fraction of sp³-hybridized carbons (Fsp3) is 0. The maximum absolute atomic E-state index is 12.5. The standard InChI is InChI=1S/C17H13N5O3S/c18-17(26)22-15(23)14(13(21-22)10-5-2-1-3-6-10)20-19-12-8-4-7-11(9-12)16(24)25/h1-9,21H,(H2,18,26)(H,24,25). The number of azo groups is 1. The third-order valence-corrected chi connectivity index (χ3v) is 3.69. The molecule has 0 radical (unpaired) electrons. The van der Waals surface area contributed by atoms with Gasteiger partial charge in [0.15, 0.2) is 10.8 Å². The van der Waals surface area contributed by atoms with Crippen LogP contribution in [0.15, 0.2) is 69.6 Å². The summed E-state index contributed by atoms with van der Waals surface area (Å²) in [5.41, 5.74) is 6.50. The van der Waals surface area contributed by atoms with Crippen molar-refractivity contribution < 1.29 is 9.90 Å². The van der Waals surface area contributed by atoms with E-state index in [1.54, 1.807) is 24.3 Å². The molecule has 0 atom stereocenters. The topological polar surface area (TPSA) is 126 Å². The first-order chi connectivity index (χ1) is 12.5. The molecule has 9 heteroatoms. The number of rotatable bonds is 4. The molecule has 0 fully saturated rings. The van der Waals surface area contributed by atoms with Gasteiger partial charge in [-0.1, -0.05) is 36.4 Å². The molecule has 3 aromatic rings. The van der Waals surface area contributed by atoms with Crippen LogP contribution in [0.25, 0.3) is 11.3 Å². The highest BCUT2D eigenvalue weighted by molar-refractivity contribution is 7.80. The van der Waals surface area contributed by atoms with Crippen LogP contribution in [-0.4, -0.2) is 26.0 Å². The van der Waals surface area contributed by atoms with E-state index in [1.165, 1.54) is 12.1 Å². The number of thiocarbonyl (C=S) groups is 1. The number of hydrogen-bond donors (Lipinski definition) is 3. The van der Waals surface area contributed by atoms with Crippen LogP contribution >= 0.6 is 12.2 Å². The largest absolute Gasteiger partial charge is 0.478 e. The Labute approximate surface area is 152 Å². The molecule has 0 saturated carbocycles. The van der Waals surface area contributed by atoms with Crippen molar-refractivity contribution in [3.8, 4) is 11.3 Å². The lowest BCUT2D eigenvalue weighted by atomic mass is 10.1. The van der Waals surface area contributed by atoms with Gasteiger partial charge in [-0.15, -0.1) is 5.11 Å². The number of aromatic nitrogens is 2. The molecule has 4 N–H and O–H groups in total. The normalized spacial score (nSPS) is 10.9. The van der Waals surface area contributed by atoms with Gasteiger partial charge in [0, 0.05) is 5.56 Å². The van der Waals surface area contributed by atoms with Crippen LogP contribution in [0.5, 0.6) is 0 Å². The summed E-state index contributed by atoms with van der Waals surface area (Å²) in [4.78, 5) is 23.6. The number of carbonyl (C=O) groups is 1. The van der Waals surface area contributed by atoms with E-state index >= 15 is 0 Å². The molecule has 0 aliphatic rings. The molecule has 3 rings (SSSR count). The van der Waals surface area contributed by atoms with Gasteiger partial charge in [-0.05, 0) is 30.4 Å². The quantitative estimate of drug-likeness (QED) is 0.483. The van der Waals surface area contributed by atoms with Crippen LogP contribution in [-0.2, 0) is 0 Å². The van der Waals surface area contributed by atoms with Gasteiger partial charge in [-0.2, -0.15) is 9.80 Å². The van der Waals surface area contributed by atoms with E-state index < -0.39 is 11.5 Å². The first-order valence-electron chi connectivity index (χ1n) is 7.42. The lowest BCUT2D eigenvalue weighted by Gasteiger charge is -1.99. The first-order valence-corrected chi connectivity index (χ1v) is 7.83. The fourth-order valence-corrected chi connectivity index (χ4v) is 2.42. The van der Waals surface area contributed by atoms with Crippen molar-refractivity contribution in [2.75, 3.05) is 0 Å². The molecule has 1 aromatic heterocycles. The maximum Gasteiger partial charge on any atom is 0.335 e. The van der Waals surface area contributed by atoms with E-state index in [4.69, 9.17) is 23.1 Å². The Kier molecular flexibility index (Phi) is 4.72. The highest BCUT2D eigenvalue weighted by atomic mass is 32.1. The molecule has 0 aliphatic heterocycles. The van der Waals surface area contributed by atoms with Gasteiger partial charge in [0.2, 0.25) is 0 Å². The zero-order chi connectivity index (χ0) is 18.7. The number of aromatic carboxylic acids is 1. The molecule has 0 saturated heterocycles. The maximum atomic E-state index is 12.5. The van der Waals surface area contributed by atoms with Gasteiger partial charge in [-0.3, -0.25) is 9.89 Å². The summed E-state index contributed by atoms with van der Waals surface area (Å²) in [6.07, 6.45) is 0. The Morgan fingerprint density at radius 1 is 1.12 bits per heavy atom. The van der Waals surface area contributed by atoms with Gasteiger partial charge in [0.25, 0.3) is 0 Å². The van der Waals surface area contributed by atoms with Crippen LogP contribution in [0.3, 0.4) is 0 Å². The van der Waals surface area contributed by atoms with Crippen molar-refractivity contribution in [2.45, 2.75) is 0 Å². The summed E-state index contributed by atoms with van der Waals surface area (Å²) in [5, 5.41) is 19.7. The molecule has 0 spiro atoms. The Hall–Kier alpha value is -3.59. The minimum atomic E-state index is -1.08. The summed E-state index contributed by atoms with van der Waals surface area (Å²) in [6.45, 7) is 0. The van der Waals surface area contributed by atoms with E-state index in [0.29, 0.717) is 16.9 Å². The number of aromatic amines is 1. The van der Waals surface area contributed by atoms with E-state index in [-0.39, 0.29) is 16.4 Å². The highest BCUT2D eigenvalue weighted by Crippen LogP contribution is 2.27. The minimum Gasteiger partial charge on any atom is -0.478 e. The fourth-order valence-electron chi connectivity index (χ4n) is 2.29. The molecule has 2 aromatic carbocycles. The summed E-state index contributed by atoms with van der Waals surface area (Å²) < 4.78 is 1.000. The second-order valence-electron chi connectivity index (χ2n) is 5.24. The van der Waals surface area contributed by atoms with E-state index in [9.17, 15) is 9.59 Å². The number of carboxylic acid groups (broad SMARTS) is 1. The molecule has 0 unspecified atom stereocenters. The Morgan fingerprint density at radius 2 is 1.85 bits per heavy atom. The van der Waals surface area contributed by atoms with Crippen LogP contribution in [0.1, 0.15) is 10.4 Å². The number of nitrogens with zero attached hydrogens (tertiary/aromatic N) is 3. The Balaban J connectivity index is 2.09. The molecule has 0 bridgehead atoms. The van der Waals surface area contributed by atoms with E-state index in [2.05, 4.69) is 15.3 Å². The SMILES string of the molecule is NC(=S)n1[nH]c(-c2ccccc2)c(N=Nc2cccc(C(=O)O)c2)c1=O. The van der Waals surface area contributed by atoms with Crippen molar-refractivity contribution in [1.82, 2.24) is 9.78 Å². The summed E-state index contributed by atoms with van der Waals surface area (Å²) in [5.74, 6) is -1.08. The molecule has 0 aliphatic carbocycles. The van der Waals surface area contributed by atoms with Gasteiger partial charge in [0.05, 0.1) is 16.9 Å². The van der Waals surface area contributed by atoms with E-state index in [1.807, 2.05) is 18.2 Å². The monoisotopic (exact) mass is 367 g/mol. The van der Waals surface area contributed by atoms with Crippen LogP contribution in [0, 0.1) is 0 Å². The van der Waals surface area contributed by atoms with Crippen LogP contribution in [0.2, 0.25) is 0 Å². The highest BCUT2D eigenvalue weighted by Gasteiger charge is 2.17. The number of nitrogens with one attached hydrogen (secondary N) is 1. The number of hydrogen-bond acceptors (Lipinski definition) is 5. The second-order valence-corrected chi connectivity index (χ2v) is 5.65. The average Bonchev–Trinajstić information content (AvgIpc) is 2.97. The third-order valence-electron chi connectivity index (χ3n) is 3.51. The van der Waals surface area contributed by atoms with Crippen molar-refractivity contribution in [3.05, 3.63) is 70.5 Å². The van der Waals surface area contributed by atoms with Crippen LogP contribution in [0.4, 0.5) is 11.4 Å². The number of H-pyrrole nitrogens is 1. The van der Waals surface area contributed by atoms with Crippen LogP contribution < -0.4 is 11.3 Å². The number of carboxylic acids is 1. The van der Waals surface area contributed by atoms with Gasteiger partial charge in [-0.25, -0.2) is 4.79 Å². The smallest absolute Gasteiger partial charge is 0.335 e. The lowest BCUT2D eigenvalue weighted by molar-refractivity contribution is 0.0697. The van der Waals surface area contributed by atoms with E-state index in [0.717, 1.165) is 4.68 Å². The third kappa shape index (κ3) is 3.42. The zero-order valence-corrected chi connectivity index (χ0v) is 14.1. The molecular formula is C17H13N5O3S. The number of nitrogens with two attached hydrogens (primary N) is 1. The Morgan fingerprint density at radius 3 is 2.50 bits per heavy atom. The minimum absolute atomic E-state index is 0.0183. The molecule has 26 heavy (non-hydrogen) atoms. The van der Waals surface area contributed by atoms with Crippen molar-refractivity contribution in [2.24, 2.45) is 16.0 Å². The molecule has 130 valence electrons. The predicted molar refractivity (Wildman–Crippen MR) is 100 cm³/mol.